The van der Waals surface area contributed by atoms with E-state index in [-0.39, 0.29) is 24.5 Å². The van der Waals surface area contributed by atoms with E-state index in [0.29, 0.717) is 11.1 Å². The van der Waals surface area contributed by atoms with Gasteiger partial charge in [-0.3, -0.25) is 0 Å². The lowest BCUT2D eigenvalue weighted by molar-refractivity contribution is -0.277. The van der Waals surface area contributed by atoms with Crippen molar-refractivity contribution in [3.05, 3.63) is 59.7 Å². The zero-order chi connectivity index (χ0) is 25.8. The van der Waals surface area contributed by atoms with Gasteiger partial charge in [-0.2, -0.15) is 0 Å². The quantitative estimate of drug-likeness (QED) is 0.211. The number of aliphatic hydroxyl groups excluding tert-OH is 5. The molecule has 11 heteroatoms. The van der Waals surface area contributed by atoms with Crippen LogP contribution in [0.1, 0.15) is 18.1 Å². The molecule has 0 aliphatic carbocycles. The van der Waals surface area contributed by atoms with Crippen molar-refractivity contribution in [1.29, 1.82) is 0 Å². The summed E-state index contributed by atoms with van der Waals surface area (Å²) in [6.45, 7) is 0.470. The van der Waals surface area contributed by atoms with E-state index in [0.717, 1.165) is 0 Å². The molecule has 1 heterocycles. The zero-order valence-corrected chi connectivity index (χ0v) is 19.0. The molecular formula is C24H30O11. The molecule has 0 spiro atoms. The van der Waals surface area contributed by atoms with Crippen molar-refractivity contribution in [2.24, 2.45) is 0 Å². The molecule has 1 saturated heterocycles. The van der Waals surface area contributed by atoms with Crippen LogP contribution in [0.3, 0.4) is 0 Å². The average molecular weight is 494 g/mol. The molecule has 0 bridgehead atoms. The van der Waals surface area contributed by atoms with Crippen LogP contribution < -0.4 is 4.74 Å². The molecule has 2 aromatic carbocycles. The summed E-state index contributed by atoms with van der Waals surface area (Å²) in [4.78, 5) is 12.6. The first kappa shape index (κ1) is 26.8. The van der Waals surface area contributed by atoms with E-state index in [1.165, 1.54) is 43.3 Å². The summed E-state index contributed by atoms with van der Waals surface area (Å²) < 4.78 is 16.0. The third-order valence-corrected chi connectivity index (χ3v) is 5.85. The van der Waals surface area contributed by atoms with Gasteiger partial charge in [-0.15, -0.1) is 0 Å². The second kappa shape index (κ2) is 11.3. The van der Waals surface area contributed by atoms with Gasteiger partial charge in [0.25, 0.3) is 0 Å². The number of ether oxygens (including phenoxy) is 3. The monoisotopic (exact) mass is 494 g/mol. The van der Waals surface area contributed by atoms with Gasteiger partial charge in [0.05, 0.1) is 12.7 Å². The van der Waals surface area contributed by atoms with Gasteiger partial charge in [-0.1, -0.05) is 24.3 Å². The van der Waals surface area contributed by atoms with Gasteiger partial charge < -0.3 is 50.0 Å². The Bertz CT molecular complexity index is 960. The molecule has 1 fully saturated rings. The van der Waals surface area contributed by atoms with Crippen LogP contribution >= 0.6 is 0 Å². The Kier molecular flexibility index (Phi) is 8.67. The van der Waals surface area contributed by atoms with Gasteiger partial charge in [0, 0.05) is 6.42 Å². The number of aromatic hydroxyl groups is 1. The summed E-state index contributed by atoms with van der Waals surface area (Å²) in [5, 5.41) is 69.2. The first-order chi connectivity index (χ1) is 16.5. The molecule has 1 aliphatic rings. The fourth-order valence-electron chi connectivity index (χ4n) is 3.55. The second-order valence-electron chi connectivity index (χ2n) is 8.48. The summed E-state index contributed by atoms with van der Waals surface area (Å²) in [5.74, 6) is -0.768. The summed E-state index contributed by atoms with van der Waals surface area (Å²) >= 11 is 0. The molecule has 3 rings (SSSR count). The molecule has 192 valence electrons. The number of benzene rings is 2. The highest BCUT2D eigenvalue weighted by Crippen LogP contribution is 2.25. The van der Waals surface area contributed by atoms with Gasteiger partial charge >= 0.3 is 5.97 Å². The average Bonchev–Trinajstić information content (AvgIpc) is 2.84. The Labute approximate surface area is 201 Å². The fraction of sp³-hybridized carbons (Fsp3) is 0.458. The summed E-state index contributed by atoms with van der Waals surface area (Å²) in [6, 6.07) is 11.9. The number of rotatable bonds is 9. The van der Waals surface area contributed by atoms with E-state index in [4.69, 9.17) is 14.2 Å². The SMILES string of the molecule is C[C@@H](O)[C@@](O)(Cc1ccc(O)cc1)C(=O)OCc1ccc(O[C@H]2O[C@@H](CO)[C@@H](O)[C@@H](O)[C@H]2O)cc1. The Balaban J connectivity index is 1.59. The first-order valence-electron chi connectivity index (χ1n) is 11.0. The Hall–Kier alpha value is -2.77. The molecule has 0 amide bonds. The summed E-state index contributed by atoms with van der Waals surface area (Å²) in [6.07, 6.45) is -8.73. The van der Waals surface area contributed by atoms with Gasteiger partial charge in [0.1, 0.15) is 42.5 Å². The van der Waals surface area contributed by atoms with Crippen LogP contribution in [0.4, 0.5) is 0 Å². The van der Waals surface area contributed by atoms with Gasteiger partial charge in [-0.05, 0) is 42.3 Å². The fourth-order valence-corrected chi connectivity index (χ4v) is 3.55. The van der Waals surface area contributed by atoms with Gasteiger partial charge in [0.15, 0.2) is 5.60 Å². The van der Waals surface area contributed by atoms with Crippen LogP contribution in [0.25, 0.3) is 0 Å². The molecule has 2 aromatic rings. The molecule has 7 N–H and O–H groups in total. The molecule has 1 aliphatic heterocycles. The lowest BCUT2D eigenvalue weighted by Crippen LogP contribution is -2.60. The van der Waals surface area contributed by atoms with Crippen molar-refractivity contribution >= 4 is 5.97 Å². The van der Waals surface area contributed by atoms with E-state index in [2.05, 4.69) is 0 Å². The minimum atomic E-state index is -2.21. The number of esters is 1. The lowest BCUT2D eigenvalue weighted by Gasteiger charge is -2.39. The van der Waals surface area contributed by atoms with E-state index in [9.17, 15) is 40.5 Å². The summed E-state index contributed by atoms with van der Waals surface area (Å²) in [5.41, 5.74) is -1.17. The number of aliphatic hydroxyl groups is 6. The molecule has 0 saturated carbocycles. The maximum Gasteiger partial charge on any atom is 0.341 e. The minimum absolute atomic E-state index is 0.0240. The smallest absolute Gasteiger partial charge is 0.341 e. The number of phenolic OH excluding ortho intramolecular Hbond substituents is 1. The topological polar surface area (TPSA) is 186 Å². The molecule has 0 aromatic heterocycles. The lowest BCUT2D eigenvalue weighted by atomic mass is 9.89. The first-order valence-corrected chi connectivity index (χ1v) is 11.0. The van der Waals surface area contributed by atoms with Crippen LogP contribution in [-0.4, -0.2) is 90.7 Å². The normalized spacial score (nSPS) is 27.0. The van der Waals surface area contributed by atoms with E-state index in [1.807, 2.05) is 0 Å². The summed E-state index contributed by atoms with van der Waals surface area (Å²) in [7, 11) is 0. The largest absolute Gasteiger partial charge is 0.508 e. The van der Waals surface area contributed by atoms with E-state index < -0.39 is 55.0 Å². The highest BCUT2D eigenvalue weighted by Gasteiger charge is 2.45. The maximum absolute atomic E-state index is 12.6. The van der Waals surface area contributed by atoms with Gasteiger partial charge in [0.2, 0.25) is 6.29 Å². The molecule has 35 heavy (non-hydrogen) atoms. The molecule has 0 unspecified atom stereocenters. The van der Waals surface area contributed by atoms with E-state index in [1.54, 1.807) is 12.1 Å². The molecule has 0 radical (unpaired) electrons. The van der Waals surface area contributed by atoms with Crippen LogP contribution in [-0.2, 0) is 27.3 Å². The Morgan fingerprint density at radius 2 is 1.60 bits per heavy atom. The number of phenols is 1. The van der Waals surface area contributed by atoms with Crippen molar-refractivity contribution < 1.29 is 54.8 Å². The number of hydrogen-bond donors (Lipinski definition) is 7. The van der Waals surface area contributed by atoms with Crippen molar-refractivity contribution in [2.45, 2.75) is 62.4 Å². The maximum atomic E-state index is 12.6. The Morgan fingerprint density at radius 1 is 1.00 bits per heavy atom. The van der Waals surface area contributed by atoms with Crippen LogP contribution in [0.15, 0.2) is 48.5 Å². The highest BCUT2D eigenvalue weighted by atomic mass is 16.7. The van der Waals surface area contributed by atoms with Crippen molar-refractivity contribution in [1.82, 2.24) is 0 Å². The van der Waals surface area contributed by atoms with Crippen LogP contribution in [0.2, 0.25) is 0 Å². The van der Waals surface area contributed by atoms with E-state index >= 15 is 0 Å². The van der Waals surface area contributed by atoms with Gasteiger partial charge in [-0.25, -0.2) is 4.79 Å². The predicted molar refractivity (Wildman–Crippen MR) is 119 cm³/mol. The molecule has 11 nitrogen and oxygen atoms in total. The minimum Gasteiger partial charge on any atom is -0.508 e. The number of carbonyl (C=O) groups excluding carboxylic acids is 1. The third kappa shape index (κ3) is 6.27. The van der Waals surface area contributed by atoms with Crippen molar-refractivity contribution in [2.75, 3.05) is 6.61 Å². The molecular weight excluding hydrogens is 464 g/mol. The standard InChI is InChI=1S/C24H30O11/c1-13(26)24(32,10-14-2-6-16(27)7-3-14)23(31)33-12-15-4-8-17(9-5-15)34-22-21(30)20(29)19(28)18(11-25)35-22/h2-9,13,18-22,25-30,32H,10-12H2,1H3/t13-,18+,19-,20-,21-,22+,24+/m1/s1. The Morgan fingerprint density at radius 3 is 2.17 bits per heavy atom. The highest BCUT2D eigenvalue weighted by molar-refractivity contribution is 5.80. The number of carbonyl (C=O) groups is 1. The second-order valence-corrected chi connectivity index (χ2v) is 8.48. The number of hydrogen-bond acceptors (Lipinski definition) is 11. The van der Waals surface area contributed by atoms with Crippen LogP contribution in [0, 0.1) is 0 Å². The van der Waals surface area contributed by atoms with Crippen molar-refractivity contribution in [3.8, 4) is 11.5 Å². The van der Waals surface area contributed by atoms with Crippen molar-refractivity contribution in [3.63, 3.8) is 0 Å². The third-order valence-electron chi connectivity index (χ3n) is 5.85. The zero-order valence-electron chi connectivity index (χ0n) is 19.0. The molecule has 7 atom stereocenters. The predicted octanol–water partition coefficient (Wildman–Crippen LogP) is -1.03. The van der Waals surface area contributed by atoms with Crippen LogP contribution in [0.5, 0.6) is 11.5 Å².